The van der Waals surface area contributed by atoms with E-state index < -0.39 is 0 Å². The molecule has 0 amide bonds. The molecule has 2 nitrogen and oxygen atoms in total. The Labute approximate surface area is 198 Å². The summed E-state index contributed by atoms with van der Waals surface area (Å²) in [6.45, 7) is 2.84. The molecule has 1 aliphatic rings. The van der Waals surface area contributed by atoms with Crippen molar-refractivity contribution in [1.82, 2.24) is 0 Å². The summed E-state index contributed by atoms with van der Waals surface area (Å²) in [5.74, 6) is 0. The van der Waals surface area contributed by atoms with Crippen LogP contribution in [0.1, 0.15) is 35.6 Å². The van der Waals surface area contributed by atoms with Crippen LogP contribution >= 0.6 is 46.4 Å². The number of likely N-dealkylation sites (tertiary alicyclic amines) is 1. The first-order chi connectivity index (χ1) is 14.3. The smallest absolute Gasteiger partial charge is 0.178 e. The van der Waals surface area contributed by atoms with Gasteiger partial charge in [0.25, 0.3) is 0 Å². The number of pyridine rings is 1. The van der Waals surface area contributed by atoms with Crippen LogP contribution in [0.3, 0.4) is 0 Å². The molecule has 1 aromatic heterocycles. The van der Waals surface area contributed by atoms with E-state index in [1.807, 2.05) is 30.3 Å². The second kappa shape index (κ2) is 9.06. The largest absolute Gasteiger partial charge is 0.316 e. The highest BCUT2D eigenvalue weighted by molar-refractivity contribution is 6.42. The number of nitrogens with zero attached hydrogens (tertiary/aromatic N) is 2. The molecule has 1 unspecified atom stereocenters. The summed E-state index contributed by atoms with van der Waals surface area (Å²) in [4.78, 5) is 0. The van der Waals surface area contributed by atoms with Gasteiger partial charge in [0.15, 0.2) is 18.9 Å². The van der Waals surface area contributed by atoms with Crippen LogP contribution in [0.25, 0.3) is 0 Å². The van der Waals surface area contributed by atoms with Crippen molar-refractivity contribution in [3.8, 4) is 0 Å². The fraction of sp³-hybridized carbons (Fsp3) is 0.292. The van der Waals surface area contributed by atoms with Crippen molar-refractivity contribution < 1.29 is 9.05 Å². The van der Waals surface area contributed by atoms with Crippen molar-refractivity contribution in [1.29, 1.82) is 0 Å². The van der Waals surface area contributed by atoms with Crippen molar-refractivity contribution in [2.24, 2.45) is 0 Å². The van der Waals surface area contributed by atoms with Crippen molar-refractivity contribution in [3.63, 3.8) is 0 Å². The highest BCUT2D eigenvalue weighted by Gasteiger charge is 2.40. The lowest BCUT2D eigenvalue weighted by atomic mass is 10.0. The highest BCUT2D eigenvalue weighted by atomic mass is 35.5. The average Bonchev–Trinajstić information content (AvgIpc) is 3.09. The van der Waals surface area contributed by atoms with Crippen molar-refractivity contribution in [2.45, 2.75) is 32.0 Å². The van der Waals surface area contributed by atoms with Crippen molar-refractivity contribution >= 4 is 46.4 Å². The molecule has 0 N–H and O–H groups in total. The second-order valence-corrected chi connectivity index (χ2v) is 9.95. The van der Waals surface area contributed by atoms with Gasteiger partial charge in [0, 0.05) is 30.0 Å². The topological polar surface area (TPSA) is 3.88 Å². The van der Waals surface area contributed by atoms with Gasteiger partial charge in [-0.3, -0.25) is 0 Å². The van der Waals surface area contributed by atoms with Crippen molar-refractivity contribution in [3.05, 3.63) is 97.7 Å². The van der Waals surface area contributed by atoms with E-state index >= 15 is 0 Å². The number of halogens is 4. The van der Waals surface area contributed by atoms with E-state index in [0.29, 0.717) is 26.1 Å². The highest BCUT2D eigenvalue weighted by Crippen LogP contribution is 2.39. The summed E-state index contributed by atoms with van der Waals surface area (Å²) in [6.07, 6.45) is 6.76. The van der Waals surface area contributed by atoms with Crippen LogP contribution in [-0.4, -0.2) is 18.1 Å². The van der Waals surface area contributed by atoms with E-state index in [9.17, 15) is 0 Å². The Morgan fingerprint density at radius 2 is 1.57 bits per heavy atom. The van der Waals surface area contributed by atoms with Gasteiger partial charge in [0.05, 0.1) is 39.2 Å². The Bertz CT molecular complexity index is 1070. The van der Waals surface area contributed by atoms with Gasteiger partial charge >= 0.3 is 0 Å². The van der Waals surface area contributed by atoms with Crippen LogP contribution in [0, 0.1) is 0 Å². The maximum Gasteiger partial charge on any atom is 0.178 e. The predicted octanol–water partition coefficient (Wildman–Crippen LogP) is 7.12. The Kier molecular flexibility index (Phi) is 6.62. The van der Waals surface area contributed by atoms with Crippen LogP contribution < -0.4 is 4.57 Å². The first-order valence-corrected chi connectivity index (χ1v) is 11.6. The Hall–Kier alpha value is -1.29. The Morgan fingerprint density at radius 1 is 0.900 bits per heavy atom. The van der Waals surface area contributed by atoms with Gasteiger partial charge in [-0.1, -0.05) is 58.5 Å². The van der Waals surface area contributed by atoms with Crippen LogP contribution in [0.5, 0.6) is 0 Å². The molecule has 0 saturated carbocycles. The molecule has 0 bridgehead atoms. The Balaban J connectivity index is 1.56. The third-order valence-electron chi connectivity index (χ3n) is 6.04. The Morgan fingerprint density at radius 3 is 2.27 bits per heavy atom. The molecule has 3 aromatic rings. The molecule has 2 heterocycles. The van der Waals surface area contributed by atoms with E-state index in [4.69, 9.17) is 46.4 Å². The summed E-state index contributed by atoms with van der Waals surface area (Å²) < 4.78 is 3.19. The molecule has 2 aromatic carbocycles. The number of rotatable bonds is 5. The summed E-state index contributed by atoms with van der Waals surface area (Å²) in [7, 11) is 2.34. The van der Waals surface area contributed by atoms with Crippen molar-refractivity contribution in [2.75, 3.05) is 13.6 Å². The van der Waals surface area contributed by atoms with Crippen LogP contribution in [0.4, 0.5) is 0 Å². The number of hydrogen-bond acceptors (Lipinski definition) is 0. The molecule has 156 valence electrons. The van der Waals surface area contributed by atoms with E-state index in [2.05, 4.69) is 42.2 Å². The maximum atomic E-state index is 6.26. The molecule has 1 aliphatic heterocycles. The van der Waals surface area contributed by atoms with Gasteiger partial charge in [0.1, 0.15) is 12.6 Å². The van der Waals surface area contributed by atoms with Gasteiger partial charge in [-0.05, 0) is 30.3 Å². The normalized spacial score (nSPS) is 21.2. The predicted molar refractivity (Wildman–Crippen MR) is 125 cm³/mol. The second-order valence-electron chi connectivity index (χ2n) is 8.33. The maximum absolute atomic E-state index is 6.26. The third-order valence-corrected chi connectivity index (χ3v) is 7.52. The summed E-state index contributed by atoms with van der Waals surface area (Å²) in [6, 6.07) is 16.6. The molecular weight excluding hydrogens is 458 g/mol. The molecule has 2 atom stereocenters. The monoisotopic (exact) mass is 480 g/mol. The quantitative estimate of drug-likeness (QED) is 0.270. The summed E-state index contributed by atoms with van der Waals surface area (Å²) in [5, 5.41) is 2.40. The molecular formula is C24H24Cl4N2+2. The zero-order chi connectivity index (χ0) is 21.3. The minimum absolute atomic E-state index is 0.445. The standard InChI is InChI=1S/C24H24Cl4N2/c1-30(16-18-7-9-21(26)23(28)13-18)11-3-5-24(30)19-4-2-10-29(15-19)14-17-6-8-20(25)22(27)12-17/h2,4,6-10,12-13,15,24H,3,5,11,14,16H2,1H3/q+2/t24-,30?/m1/s1. The van der Waals surface area contributed by atoms with Gasteiger partial charge < -0.3 is 4.48 Å². The molecule has 1 saturated heterocycles. The number of benzene rings is 2. The SMILES string of the molecule is C[N+]1(Cc2ccc(Cl)c(Cl)c2)CCC[C@@H]1c1ccc[n+](Cc2ccc(Cl)c(Cl)c2)c1. The first kappa shape index (κ1) is 21.9. The molecule has 6 heteroatoms. The molecule has 0 aliphatic carbocycles. The van der Waals surface area contributed by atoms with E-state index in [1.165, 1.54) is 24.0 Å². The summed E-state index contributed by atoms with van der Waals surface area (Å²) in [5.41, 5.74) is 3.71. The lowest BCUT2D eigenvalue weighted by Crippen LogP contribution is -2.43. The number of quaternary nitrogens is 1. The van der Waals surface area contributed by atoms with Gasteiger partial charge in [0.2, 0.25) is 0 Å². The minimum Gasteiger partial charge on any atom is -0.316 e. The first-order valence-electron chi connectivity index (χ1n) is 10.1. The lowest BCUT2D eigenvalue weighted by Gasteiger charge is -2.36. The van der Waals surface area contributed by atoms with E-state index in [-0.39, 0.29) is 0 Å². The fourth-order valence-electron chi connectivity index (χ4n) is 4.57. The molecule has 1 fully saturated rings. The zero-order valence-corrected chi connectivity index (χ0v) is 19.8. The lowest BCUT2D eigenvalue weighted by molar-refractivity contribution is -0.940. The number of hydrogen-bond donors (Lipinski definition) is 0. The zero-order valence-electron chi connectivity index (χ0n) is 16.8. The van der Waals surface area contributed by atoms with Gasteiger partial charge in [-0.2, -0.15) is 0 Å². The van der Waals surface area contributed by atoms with E-state index in [0.717, 1.165) is 29.7 Å². The summed E-state index contributed by atoms with van der Waals surface area (Å²) >= 11 is 24.6. The molecule has 4 rings (SSSR count). The van der Waals surface area contributed by atoms with Crippen LogP contribution in [-0.2, 0) is 13.1 Å². The third kappa shape index (κ3) is 4.79. The van der Waals surface area contributed by atoms with Crippen LogP contribution in [0.15, 0.2) is 60.9 Å². The fourth-order valence-corrected chi connectivity index (χ4v) is 5.21. The van der Waals surface area contributed by atoms with Crippen LogP contribution in [0.2, 0.25) is 20.1 Å². The number of aromatic nitrogens is 1. The average molecular weight is 482 g/mol. The molecule has 0 radical (unpaired) electrons. The minimum atomic E-state index is 0.445. The van der Waals surface area contributed by atoms with E-state index in [1.54, 1.807) is 0 Å². The van der Waals surface area contributed by atoms with Gasteiger partial charge in [-0.25, -0.2) is 4.57 Å². The molecule has 30 heavy (non-hydrogen) atoms. The molecule has 0 spiro atoms. The van der Waals surface area contributed by atoms with Gasteiger partial charge in [-0.15, -0.1) is 0 Å².